The predicted octanol–water partition coefficient (Wildman–Crippen LogP) is 2.86. The normalized spacial score (nSPS) is 9.95. The number of nitrogens with zero attached hydrogens (tertiary/aromatic N) is 2. The monoisotopic (exact) mass is 252 g/mol. The Morgan fingerprint density at radius 2 is 1.95 bits per heavy atom. The average Bonchev–Trinajstić information content (AvgIpc) is 2.47. The molecule has 1 heterocycles. The Labute approximate surface area is 112 Å². The average molecular weight is 252 g/mol. The van der Waals surface area contributed by atoms with E-state index in [-0.39, 0.29) is 0 Å². The third-order valence-corrected chi connectivity index (χ3v) is 2.94. The molecule has 0 saturated carbocycles. The summed E-state index contributed by atoms with van der Waals surface area (Å²) in [6, 6.07) is 13.9. The summed E-state index contributed by atoms with van der Waals surface area (Å²) in [6.07, 6.45) is 2.21. The third kappa shape index (κ3) is 2.90. The second-order valence-corrected chi connectivity index (χ2v) is 4.30. The van der Waals surface area contributed by atoms with Gasteiger partial charge in [0.05, 0.1) is 11.3 Å². The standard InChI is InChI=1S/C15H16N4/c1-2-3-11-4-6-12(7-5-11)14-9-8-13(10-16)15(18-14)19-17/h4-9H,2-3,17H2,1H3,(H,18,19). The number of hydrazine groups is 1. The molecule has 0 fully saturated rings. The fourth-order valence-electron chi connectivity index (χ4n) is 1.95. The molecule has 0 aliphatic heterocycles. The largest absolute Gasteiger partial charge is 0.307 e. The third-order valence-electron chi connectivity index (χ3n) is 2.94. The molecule has 19 heavy (non-hydrogen) atoms. The maximum Gasteiger partial charge on any atom is 0.158 e. The first-order valence-electron chi connectivity index (χ1n) is 6.25. The van der Waals surface area contributed by atoms with Gasteiger partial charge >= 0.3 is 0 Å². The molecule has 4 heteroatoms. The van der Waals surface area contributed by atoms with Gasteiger partial charge in [0.15, 0.2) is 5.82 Å². The van der Waals surface area contributed by atoms with E-state index in [1.165, 1.54) is 5.56 Å². The van der Waals surface area contributed by atoms with Crippen LogP contribution in [0.2, 0.25) is 0 Å². The van der Waals surface area contributed by atoms with E-state index in [4.69, 9.17) is 11.1 Å². The molecule has 0 aliphatic rings. The van der Waals surface area contributed by atoms with Gasteiger partial charge in [0, 0.05) is 5.56 Å². The van der Waals surface area contributed by atoms with Crippen LogP contribution in [0.3, 0.4) is 0 Å². The van der Waals surface area contributed by atoms with E-state index in [0.29, 0.717) is 11.4 Å². The van der Waals surface area contributed by atoms with Crippen molar-refractivity contribution in [1.82, 2.24) is 4.98 Å². The zero-order chi connectivity index (χ0) is 13.7. The van der Waals surface area contributed by atoms with Crippen molar-refractivity contribution in [3.63, 3.8) is 0 Å². The molecule has 2 aromatic rings. The molecule has 0 bridgehead atoms. The lowest BCUT2D eigenvalue weighted by molar-refractivity contribution is 0.922. The summed E-state index contributed by atoms with van der Waals surface area (Å²) in [6.45, 7) is 2.16. The van der Waals surface area contributed by atoms with Crippen LogP contribution >= 0.6 is 0 Å². The first kappa shape index (κ1) is 13.1. The van der Waals surface area contributed by atoms with Crippen LogP contribution < -0.4 is 11.3 Å². The number of nitriles is 1. The van der Waals surface area contributed by atoms with Crippen molar-refractivity contribution in [2.75, 3.05) is 5.43 Å². The molecule has 3 N–H and O–H groups in total. The Hall–Kier alpha value is -2.38. The number of hydrogen-bond acceptors (Lipinski definition) is 4. The number of aromatic nitrogens is 1. The van der Waals surface area contributed by atoms with Gasteiger partial charge in [-0.25, -0.2) is 10.8 Å². The number of nitrogens with two attached hydrogens (primary N) is 1. The lowest BCUT2D eigenvalue weighted by atomic mass is 10.1. The molecule has 96 valence electrons. The highest BCUT2D eigenvalue weighted by atomic mass is 15.2. The van der Waals surface area contributed by atoms with Crippen molar-refractivity contribution in [2.45, 2.75) is 19.8 Å². The lowest BCUT2D eigenvalue weighted by Gasteiger charge is -2.06. The van der Waals surface area contributed by atoms with Crippen molar-refractivity contribution in [1.29, 1.82) is 5.26 Å². The van der Waals surface area contributed by atoms with Crippen molar-refractivity contribution in [3.05, 3.63) is 47.5 Å². The van der Waals surface area contributed by atoms with Gasteiger partial charge in [0.1, 0.15) is 6.07 Å². The maximum atomic E-state index is 8.92. The van der Waals surface area contributed by atoms with Gasteiger partial charge in [-0.15, -0.1) is 0 Å². The molecule has 0 unspecified atom stereocenters. The van der Waals surface area contributed by atoms with Crippen LogP contribution in [0.25, 0.3) is 11.3 Å². The Morgan fingerprint density at radius 3 is 2.53 bits per heavy atom. The number of aryl methyl sites for hydroxylation is 1. The molecule has 1 aromatic carbocycles. The number of benzene rings is 1. The minimum Gasteiger partial charge on any atom is -0.307 e. The van der Waals surface area contributed by atoms with Gasteiger partial charge in [0.25, 0.3) is 0 Å². The smallest absolute Gasteiger partial charge is 0.158 e. The van der Waals surface area contributed by atoms with Crippen LogP contribution in [0.5, 0.6) is 0 Å². The van der Waals surface area contributed by atoms with Gasteiger partial charge in [-0.2, -0.15) is 5.26 Å². The van der Waals surface area contributed by atoms with Gasteiger partial charge in [0.2, 0.25) is 0 Å². The van der Waals surface area contributed by atoms with Crippen LogP contribution in [0.1, 0.15) is 24.5 Å². The summed E-state index contributed by atoms with van der Waals surface area (Å²) in [5.41, 5.74) is 6.03. The zero-order valence-corrected chi connectivity index (χ0v) is 10.9. The fourth-order valence-corrected chi connectivity index (χ4v) is 1.95. The van der Waals surface area contributed by atoms with E-state index in [0.717, 1.165) is 24.1 Å². The van der Waals surface area contributed by atoms with Gasteiger partial charge in [-0.1, -0.05) is 37.6 Å². The quantitative estimate of drug-likeness (QED) is 0.648. The number of rotatable bonds is 4. The summed E-state index contributed by atoms with van der Waals surface area (Å²) < 4.78 is 0. The molecule has 0 spiro atoms. The Balaban J connectivity index is 2.34. The van der Waals surface area contributed by atoms with Crippen LogP contribution in [-0.2, 0) is 6.42 Å². The van der Waals surface area contributed by atoms with E-state index in [9.17, 15) is 0 Å². The molecule has 2 rings (SSSR count). The summed E-state index contributed by atoms with van der Waals surface area (Å²) >= 11 is 0. The number of pyridine rings is 1. The van der Waals surface area contributed by atoms with E-state index in [2.05, 4.69) is 29.5 Å². The minimum absolute atomic E-state index is 0.401. The molecular formula is C15H16N4. The number of nitrogens with one attached hydrogen (secondary N) is 1. The molecule has 0 atom stereocenters. The van der Waals surface area contributed by atoms with Gasteiger partial charge in [-0.3, -0.25) is 0 Å². The maximum absolute atomic E-state index is 8.92. The number of anilines is 1. The van der Waals surface area contributed by atoms with Gasteiger partial charge in [-0.05, 0) is 24.1 Å². The van der Waals surface area contributed by atoms with E-state index in [1.54, 1.807) is 6.07 Å². The highest BCUT2D eigenvalue weighted by Gasteiger charge is 2.05. The summed E-state index contributed by atoms with van der Waals surface area (Å²) in [5, 5.41) is 8.92. The Kier molecular flexibility index (Phi) is 4.11. The summed E-state index contributed by atoms with van der Waals surface area (Å²) in [4.78, 5) is 4.35. The number of nitrogen functional groups attached to an aromatic ring is 1. The second kappa shape index (κ2) is 5.98. The molecule has 0 saturated heterocycles. The first-order chi connectivity index (χ1) is 9.28. The molecule has 0 radical (unpaired) electrons. The highest BCUT2D eigenvalue weighted by molar-refractivity contribution is 5.64. The van der Waals surface area contributed by atoms with Crippen molar-refractivity contribution in [2.24, 2.45) is 5.84 Å². The van der Waals surface area contributed by atoms with Gasteiger partial charge < -0.3 is 5.43 Å². The molecule has 0 amide bonds. The Bertz CT molecular complexity index is 597. The second-order valence-electron chi connectivity index (χ2n) is 4.30. The minimum atomic E-state index is 0.401. The van der Waals surface area contributed by atoms with Crippen LogP contribution in [0.4, 0.5) is 5.82 Å². The lowest BCUT2D eigenvalue weighted by Crippen LogP contribution is -2.10. The molecular weight excluding hydrogens is 236 g/mol. The summed E-state index contributed by atoms with van der Waals surface area (Å²) in [5.74, 6) is 5.77. The van der Waals surface area contributed by atoms with Crippen LogP contribution in [0, 0.1) is 11.3 Å². The van der Waals surface area contributed by atoms with Crippen molar-refractivity contribution in [3.8, 4) is 17.3 Å². The number of hydrogen-bond donors (Lipinski definition) is 2. The molecule has 0 aliphatic carbocycles. The molecule has 4 nitrogen and oxygen atoms in total. The van der Waals surface area contributed by atoms with Crippen molar-refractivity contribution < 1.29 is 0 Å². The summed E-state index contributed by atoms with van der Waals surface area (Å²) in [7, 11) is 0. The van der Waals surface area contributed by atoms with E-state index in [1.807, 2.05) is 24.3 Å². The highest BCUT2D eigenvalue weighted by Crippen LogP contribution is 2.21. The van der Waals surface area contributed by atoms with Crippen molar-refractivity contribution >= 4 is 5.82 Å². The molecule has 1 aromatic heterocycles. The predicted molar refractivity (Wildman–Crippen MR) is 76.2 cm³/mol. The fraction of sp³-hybridized carbons (Fsp3) is 0.200. The van der Waals surface area contributed by atoms with E-state index < -0.39 is 0 Å². The van der Waals surface area contributed by atoms with E-state index >= 15 is 0 Å². The topological polar surface area (TPSA) is 74.7 Å². The zero-order valence-electron chi connectivity index (χ0n) is 10.9. The van der Waals surface area contributed by atoms with Crippen LogP contribution in [-0.4, -0.2) is 4.98 Å². The van der Waals surface area contributed by atoms with Crippen LogP contribution in [0.15, 0.2) is 36.4 Å². The Morgan fingerprint density at radius 1 is 1.21 bits per heavy atom. The first-order valence-corrected chi connectivity index (χ1v) is 6.25. The SMILES string of the molecule is CCCc1ccc(-c2ccc(C#N)c(NN)n2)cc1.